The topological polar surface area (TPSA) is 168 Å². The molecule has 1 rings (SSSR count). The normalized spacial score (nSPS) is 15.1. The molecule has 4 atom stereocenters. The van der Waals surface area contributed by atoms with Crippen LogP contribution in [-0.2, 0) is 20.8 Å². The Morgan fingerprint density at radius 1 is 1.07 bits per heavy atom. The van der Waals surface area contributed by atoms with E-state index in [4.69, 9.17) is 16.6 Å². The first-order valence-corrected chi connectivity index (χ1v) is 9.27. The second-order valence-corrected chi connectivity index (χ2v) is 6.71. The molecule has 28 heavy (non-hydrogen) atoms. The number of benzene rings is 1. The van der Waals surface area contributed by atoms with Gasteiger partial charge in [0, 0.05) is 6.42 Å². The molecule has 0 aliphatic rings. The number of unbranched alkanes of at least 4 members (excludes halogenated alkanes) is 1. The van der Waals surface area contributed by atoms with Gasteiger partial charge in [-0.25, -0.2) is 4.79 Å². The minimum absolute atomic E-state index is 0.153. The molecule has 1 aromatic carbocycles. The number of aliphatic hydroxyl groups excluding tert-OH is 1. The number of aliphatic hydroxyl groups is 1. The smallest absolute Gasteiger partial charge is 0.328 e. The van der Waals surface area contributed by atoms with Gasteiger partial charge < -0.3 is 32.3 Å². The predicted octanol–water partition coefficient (Wildman–Crippen LogP) is -0.880. The third-order valence-electron chi connectivity index (χ3n) is 4.27. The van der Waals surface area contributed by atoms with Crippen LogP contribution in [0.2, 0.25) is 0 Å². The van der Waals surface area contributed by atoms with Gasteiger partial charge in [-0.3, -0.25) is 9.59 Å². The highest BCUT2D eigenvalue weighted by atomic mass is 16.4. The summed E-state index contributed by atoms with van der Waals surface area (Å²) in [6.45, 7) is 1.76. The van der Waals surface area contributed by atoms with Crippen LogP contribution in [0, 0.1) is 0 Å². The van der Waals surface area contributed by atoms with E-state index in [1.54, 1.807) is 24.3 Å². The van der Waals surface area contributed by atoms with Gasteiger partial charge in [0.1, 0.15) is 6.04 Å². The number of carboxylic acids is 1. The van der Waals surface area contributed by atoms with Gasteiger partial charge in [-0.2, -0.15) is 0 Å². The van der Waals surface area contributed by atoms with Crippen molar-refractivity contribution >= 4 is 17.8 Å². The fraction of sp³-hybridized carbons (Fsp3) is 0.526. The second-order valence-electron chi connectivity index (χ2n) is 6.71. The fourth-order valence-electron chi connectivity index (χ4n) is 2.62. The number of rotatable bonds is 12. The molecule has 0 spiro atoms. The maximum atomic E-state index is 12.6. The summed E-state index contributed by atoms with van der Waals surface area (Å²) < 4.78 is 0. The SMILES string of the molecule is CC(O)C(NC(=O)C(Cc1ccccc1)NC(=O)C(N)CCCCN)C(=O)O. The first-order chi connectivity index (χ1) is 13.3. The lowest BCUT2D eigenvalue weighted by atomic mass is 10.0. The zero-order valence-corrected chi connectivity index (χ0v) is 16.0. The highest BCUT2D eigenvalue weighted by Gasteiger charge is 2.30. The van der Waals surface area contributed by atoms with Crippen LogP contribution in [0.1, 0.15) is 31.7 Å². The van der Waals surface area contributed by atoms with Crippen LogP contribution < -0.4 is 22.1 Å². The first kappa shape index (κ1) is 23.5. The summed E-state index contributed by atoms with van der Waals surface area (Å²) in [6, 6.07) is 5.66. The molecule has 0 saturated heterocycles. The predicted molar refractivity (Wildman–Crippen MR) is 104 cm³/mol. The molecular formula is C19H30N4O5. The van der Waals surface area contributed by atoms with E-state index >= 15 is 0 Å². The van der Waals surface area contributed by atoms with E-state index in [1.165, 1.54) is 6.92 Å². The number of aliphatic carboxylic acids is 1. The summed E-state index contributed by atoms with van der Waals surface area (Å²) in [6.07, 6.45) is 0.703. The number of hydrogen-bond acceptors (Lipinski definition) is 6. The minimum Gasteiger partial charge on any atom is -0.480 e. The molecule has 2 amide bonds. The lowest BCUT2D eigenvalue weighted by Gasteiger charge is -2.24. The highest BCUT2D eigenvalue weighted by Crippen LogP contribution is 2.06. The van der Waals surface area contributed by atoms with Gasteiger partial charge in [0.25, 0.3) is 0 Å². The standard InChI is InChI=1S/C19H30N4O5/c1-12(24)16(19(27)28)23-18(26)15(11-13-7-3-2-4-8-13)22-17(25)14(21)9-5-6-10-20/h2-4,7-8,12,14-16,24H,5-6,9-11,20-21H2,1H3,(H,22,25)(H,23,26)(H,27,28). The van der Waals surface area contributed by atoms with E-state index in [1.807, 2.05) is 6.07 Å². The maximum Gasteiger partial charge on any atom is 0.328 e. The number of amides is 2. The van der Waals surface area contributed by atoms with Crippen LogP contribution in [0.4, 0.5) is 0 Å². The molecule has 0 bridgehead atoms. The number of nitrogens with two attached hydrogens (primary N) is 2. The number of carboxylic acid groups (broad SMARTS) is 1. The Kier molecular flexibility index (Phi) is 10.1. The van der Waals surface area contributed by atoms with Crippen molar-refractivity contribution in [1.29, 1.82) is 0 Å². The Morgan fingerprint density at radius 2 is 1.71 bits per heavy atom. The van der Waals surface area contributed by atoms with Gasteiger partial charge in [0.2, 0.25) is 11.8 Å². The van der Waals surface area contributed by atoms with Gasteiger partial charge in [-0.1, -0.05) is 36.8 Å². The Labute approximate surface area is 164 Å². The third-order valence-corrected chi connectivity index (χ3v) is 4.27. The molecule has 4 unspecified atom stereocenters. The largest absolute Gasteiger partial charge is 0.480 e. The average molecular weight is 394 g/mol. The van der Waals surface area contributed by atoms with Crippen molar-refractivity contribution in [3.63, 3.8) is 0 Å². The average Bonchev–Trinajstić information content (AvgIpc) is 2.65. The summed E-state index contributed by atoms with van der Waals surface area (Å²) in [5.74, 6) is -2.58. The van der Waals surface area contributed by atoms with E-state index in [-0.39, 0.29) is 6.42 Å². The van der Waals surface area contributed by atoms with Crippen LogP contribution in [0.5, 0.6) is 0 Å². The molecular weight excluding hydrogens is 364 g/mol. The van der Waals surface area contributed by atoms with Crippen molar-refractivity contribution in [3.8, 4) is 0 Å². The highest BCUT2D eigenvalue weighted by molar-refractivity contribution is 5.92. The third kappa shape index (κ3) is 8.03. The summed E-state index contributed by atoms with van der Waals surface area (Å²) in [5.41, 5.74) is 12.1. The minimum atomic E-state index is -1.49. The van der Waals surface area contributed by atoms with Gasteiger partial charge >= 0.3 is 5.97 Å². The molecule has 0 fully saturated rings. The van der Waals surface area contributed by atoms with E-state index in [2.05, 4.69) is 10.6 Å². The van der Waals surface area contributed by atoms with Crippen molar-refractivity contribution in [2.45, 2.75) is 56.8 Å². The second kappa shape index (κ2) is 12.1. The van der Waals surface area contributed by atoms with Crippen molar-refractivity contribution < 1.29 is 24.6 Å². The van der Waals surface area contributed by atoms with E-state index in [0.29, 0.717) is 19.4 Å². The van der Waals surface area contributed by atoms with E-state index < -0.39 is 42.0 Å². The molecule has 8 N–H and O–H groups in total. The molecule has 0 aliphatic heterocycles. The van der Waals surface area contributed by atoms with Gasteiger partial charge in [-0.05, 0) is 31.9 Å². The number of carbonyl (C=O) groups excluding carboxylic acids is 2. The molecule has 0 saturated carbocycles. The Morgan fingerprint density at radius 3 is 2.25 bits per heavy atom. The van der Waals surface area contributed by atoms with Crippen LogP contribution in [0.25, 0.3) is 0 Å². The maximum absolute atomic E-state index is 12.6. The van der Waals surface area contributed by atoms with Crippen LogP contribution in [-0.4, -0.2) is 58.8 Å². The zero-order valence-electron chi connectivity index (χ0n) is 16.0. The Bertz CT molecular complexity index is 638. The molecule has 9 heteroatoms. The summed E-state index contributed by atoms with van der Waals surface area (Å²) in [5, 5.41) is 23.6. The Hall–Kier alpha value is -2.49. The van der Waals surface area contributed by atoms with E-state index in [9.17, 15) is 19.5 Å². The summed E-state index contributed by atoms with van der Waals surface area (Å²) in [7, 11) is 0. The number of carbonyl (C=O) groups is 3. The molecule has 0 heterocycles. The lowest BCUT2D eigenvalue weighted by molar-refractivity contribution is -0.145. The Balaban J connectivity index is 2.87. The van der Waals surface area contributed by atoms with Crippen molar-refractivity contribution in [2.75, 3.05) is 6.54 Å². The number of hydrogen-bond donors (Lipinski definition) is 6. The lowest BCUT2D eigenvalue weighted by Crippen LogP contribution is -2.57. The fourth-order valence-corrected chi connectivity index (χ4v) is 2.62. The zero-order chi connectivity index (χ0) is 21.1. The van der Waals surface area contributed by atoms with Gasteiger partial charge in [-0.15, -0.1) is 0 Å². The molecule has 0 radical (unpaired) electrons. The molecule has 0 aromatic heterocycles. The van der Waals surface area contributed by atoms with Crippen LogP contribution in [0.3, 0.4) is 0 Å². The van der Waals surface area contributed by atoms with Crippen molar-refractivity contribution in [3.05, 3.63) is 35.9 Å². The molecule has 1 aromatic rings. The van der Waals surface area contributed by atoms with Crippen molar-refractivity contribution in [2.24, 2.45) is 11.5 Å². The van der Waals surface area contributed by atoms with Crippen LogP contribution >= 0.6 is 0 Å². The van der Waals surface area contributed by atoms with Gasteiger partial charge in [0.15, 0.2) is 6.04 Å². The number of nitrogens with one attached hydrogen (secondary N) is 2. The van der Waals surface area contributed by atoms with E-state index in [0.717, 1.165) is 12.0 Å². The van der Waals surface area contributed by atoms with Crippen LogP contribution in [0.15, 0.2) is 30.3 Å². The summed E-state index contributed by atoms with van der Waals surface area (Å²) >= 11 is 0. The van der Waals surface area contributed by atoms with Gasteiger partial charge in [0.05, 0.1) is 12.1 Å². The van der Waals surface area contributed by atoms with Crippen molar-refractivity contribution in [1.82, 2.24) is 10.6 Å². The molecule has 9 nitrogen and oxygen atoms in total. The monoisotopic (exact) mass is 394 g/mol. The molecule has 0 aliphatic carbocycles. The first-order valence-electron chi connectivity index (χ1n) is 9.27. The molecule has 156 valence electrons. The summed E-state index contributed by atoms with van der Waals surface area (Å²) in [4.78, 5) is 36.3. The quantitative estimate of drug-likeness (QED) is 0.250.